The van der Waals surface area contributed by atoms with E-state index in [-0.39, 0.29) is 63.1 Å². The van der Waals surface area contributed by atoms with E-state index in [9.17, 15) is 38.1 Å². The highest BCUT2D eigenvalue weighted by Gasteiger charge is 2.47. The molecule has 44 heavy (non-hydrogen) atoms. The lowest BCUT2D eigenvalue weighted by atomic mass is 10.1. The molecule has 2 rings (SSSR count). The SMILES string of the molecule is CC(C)(C)OP(=O)(O)OC(C)(C)CCOC(C)(C)P(=O)(O)OC(C)(C)NCSC1CC(=O)N(CCN2C(=O)CCC2=O)C1=O. The standard InChI is InChI=1S/C26H47N3O12P2S/c1-23(2,3)39-43(36,37)40-24(4,5)12-15-38-26(8,9)42(34,35)41-25(6,7)27-17-44-18-16-21(32)29(22(18)33)14-13-28-19(30)10-11-20(28)31/h18,27H,10-17H2,1-9H3,(H,34,35)(H,36,37). The molecule has 2 aliphatic heterocycles. The molecule has 2 saturated heterocycles. The molecule has 2 aliphatic rings. The summed E-state index contributed by atoms with van der Waals surface area (Å²) >= 11 is 1.12. The van der Waals surface area contributed by atoms with Crippen LogP contribution in [-0.4, -0.2) is 96.3 Å². The molecule has 0 aromatic heterocycles. The minimum Gasteiger partial charge on any atom is -0.363 e. The fourth-order valence-electron chi connectivity index (χ4n) is 4.21. The fourth-order valence-corrected chi connectivity index (χ4v) is 7.97. The first kappa shape index (κ1) is 39.0. The Bertz CT molecular complexity index is 1190. The van der Waals surface area contributed by atoms with Gasteiger partial charge in [-0.2, -0.15) is 0 Å². The lowest BCUT2D eigenvalue weighted by Gasteiger charge is -2.37. The van der Waals surface area contributed by atoms with Gasteiger partial charge >= 0.3 is 15.4 Å². The van der Waals surface area contributed by atoms with Crippen molar-refractivity contribution in [3.63, 3.8) is 0 Å². The molecule has 0 bridgehead atoms. The number of hydrogen-bond acceptors (Lipinski definition) is 12. The number of amides is 4. The molecule has 4 amide bonds. The molecule has 3 atom stereocenters. The maximum absolute atomic E-state index is 13.2. The van der Waals surface area contributed by atoms with E-state index in [0.717, 1.165) is 21.6 Å². The molecule has 0 aromatic carbocycles. The third-order valence-electron chi connectivity index (χ3n) is 6.63. The second kappa shape index (κ2) is 14.3. The Balaban J connectivity index is 1.85. The van der Waals surface area contributed by atoms with Crippen LogP contribution in [0.15, 0.2) is 0 Å². The van der Waals surface area contributed by atoms with Gasteiger partial charge in [-0.15, -0.1) is 11.8 Å². The van der Waals surface area contributed by atoms with Crippen LogP contribution in [-0.2, 0) is 46.6 Å². The fraction of sp³-hybridized carbons (Fsp3) is 0.846. The molecule has 2 fully saturated rings. The third-order valence-corrected chi connectivity index (χ3v) is 11.4. The Hall–Kier alpha value is -1.19. The van der Waals surface area contributed by atoms with E-state index in [0.29, 0.717) is 0 Å². The van der Waals surface area contributed by atoms with E-state index >= 15 is 0 Å². The van der Waals surface area contributed by atoms with E-state index in [1.165, 1.54) is 27.7 Å². The molecule has 0 spiro atoms. The molecule has 18 heteroatoms. The molecule has 254 valence electrons. The number of ether oxygens (including phenoxy) is 1. The summed E-state index contributed by atoms with van der Waals surface area (Å²) in [5, 5.41) is 0.580. The van der Waals surface area contributed by atoms with E-state index in [2.05, 4.69) is 5.32 Å². The molecular weight excluding hydrogens is 640 g/mol. The highest BCUT2D eigenvalue weighted by atomic mass is 32.2. The minimum atomic E-state index is -4.45. The first-order valence-electron chi connectivity index (χ1n) is 14.2. The quantitative estimate of drug-likeness (QED) is 0.114. The molecule has 15 nitrogen and oxygen atoms in total. The van der Waals surface area contributed by atoms with Crippen molar-refractivity contribution in [1.82, 2.24) is 15.1 Å². The van der Waals surface area contributed by atoms with Crippen molar-refractivity contribution in [2.45, 2.75) is 116 Å². The lowest BCUT2D eigenvalue weighted by Crippen LogP contribution is -2.44. The largest absolute Gasteiger partial charge is 0.473 e. The highest BCUT2D eigenvalue weighted by Crippen LogP contribution is 2.58. The molecule has 3 unspecified atom stereocenters. The van der Waals surface area contributed by atoms with Gasteiger partial charge in [-0.25, -0.2) is 4.57 Å². The molecule has 2 heterocycles. The Kier molecular flexibility index (Phi) is 12.7. The van der Waals surface area contributed by atoms with Crippen molar-refractivity contribution in [3.8, 4) is 0 Å². The van der Waals surface area contributed by atoms with Crippen molar-refractivity contribution >= 4 is 50.8 Å². The molecule has 0 saturated carbocycles. The van der Waals surface area contributed by atoms with Crippen LogP contribution in [0.3, 0.4) is 0 Å². The van der Waals surface area contributed by atoms with E-state index < -0.39 is 54.8 Å². The van der Waals surface area contributed by atoms with Gasteiger partial charge in [-0.1, -0.05) is 0 Å². The zero-order chi connectivity index (χ0) is 33.9. The van der Waals surface area contributed by atoms with Gasteiger partial charge in [0.1, 0.15) is 5.72 Å². The van der Waals surface area contributed by atoms with Crippen molar-refractivity contribution in [2.75, 3.05) is 25.6 Å². The number of likely N-dealkylation sites (tertiary alicyclic amines) is 2. The number of phosphoric acid groups is 1. The van der Waals surface area contributed by atoms with Gasteiger partial charge in [0.15, 0.2) is 5.34 Å². The zero-order valence-electron chi connectivity index (χ0n) is 26.9. The van der Waals surface area contributed by atoms with Crippen LogP contribution in [0.1, 0.15) is 88.0 Å². The minimum absolute atomic E-state index is 0.0341. The van der Waals surface area contributed by atoms with Gasteiger partial charge in [-0.05, 0) is 68.7 Å². The first-order chi connectivity index (χ1) is 19.8. The average molecular weight is 688 g/mol. The summed E-state index contributed by atoms with van der Waals surface area (Å²) in [7, 11) is -8.83. The number of nitrogens with zero attached hydrogens (tertiary/aromatic N) is 2. The monoisotopic (exact) mass is 687 g/mol. The van der Waals surface area contributed by atoms with Crippen LogP contribution in [0, 0.1) is 0 Å². The van der Waals surface area contributed by atoms with Gasteiger partial charge in [0.05, 0.1) is 23.1 Å². The lowest BCUT2D eigenvalue weighted by molar-refractivity contribution is -0.143. The number of carbonyl (C=O) groups is 4. The maximum atomic E-state index is 13.2. The van der Waals surface area contributed by atoms with Gasteiger partial charge in [0.2, 0.25) is 23.6 Å². The Morgan fingerprint density at radius 2 is 1.39 bits per heavy atom. The van der Waals surface area contributed by atoms with E-state index in [1.807, 2.05) is 0 Å². The predicted octanol–water partition coefficient (Wildman–Crippen LogP) is 3.33. The van der Waals surface area contributed by atoms with E-state index in [4.69, 9.17) is 18.3 Å². The molecule has 0 aliphatic carbocycles. The van der Waals surface area contributed by atoms with Crippen LogP contribution in [0.4, 0.5) is 0 Å². The normalized spacial score (nSPS) is 21.8. The van der Waals surface area contributed by atoms with Crippen LogP contribution in [0.5, 0.6) is 0 Å². The van der Waals surface area contributed by atoms with Gasteiger partial charge in [0.25, 0.3) is 0 Å². The number of phosphoric ester groups is 1. The van der Waals surface area contributed by atoms with Crippen LogP contribution < -0.4 is 5.32 Å². The zero-order valence-corrected chi connectivity index (χ0v) is 29.5. The molecule has 0 radical (unpaired) electrons. The first-order valence-corrected chi connectivity index (χ1v) is 18.3. The highest BCUT2D eigenvalue weighted by molar-refractivity contribution is 8.00. The maximum Gasteiger partial charge on any atom is 0.473 e. The van der Waals surface area contributed by atoms with Crippen molar-refractivity contribution in [2.24, 2.45) is 0 Å². The van der Waals surface area contributed by atoms with Crippen molar-refractivity contribution in [3.05, 3.63) is 0 Å². The molecular formula is C26H47N3O12P2S. The summed E-state index contributed by atoms with van der Waals surface area (Å²) in [5.74, 6) is -1.38. The van der Waals surface area contributed by atoms with Gasteiger partial charge in [0, 0.05) is 38.2 Å². The van der Waals surface area contributed by atoms with E-state index in [1.54, 1.807) is 34.6 Å². The van der Waals surface area contributed by atoms with Crippen LogP contribution in [0.25, 0.3) is 0 Å². The summed E-state index contributed by atoms with van der Waals surface area (Å²) in [4.78, 5) is 71.8. The second-order valence-corrected chi connectivity index (χ2v) is 18.0. The summed E-state index contributed by atoms with van der Waals surface area (Å²) in [6.07, 6.45) is 0.287. The summed E-state index contributed by atoms with van der Waals surface area (Å²) in [6, 6.07) is 0. The third kappa shape index (κ3) is 11.6. The Labute approximate surface area is 263 Å². The number of imide groups is 2. The number of thioether (sulfide) groups is 1. The molecule has 3 N–H and O–H groups in total. The van der Waals surface area contributed by atoms with Gasteiger partial charge in [-0.3, -0.25) is 52.4 Å². The van der Waals surface area contributed by atoms with Gasteiger partial charge < -0.3 is 14.5 Å². The smallest absolute Gasteiger partial charge is 0.363 e. The molecule has 0 aromatic rings. The Morgan fingerprint density at radius 3 is 1.93 bits per heavy atom. The number of rotatable bonds is 17. The number of carbonyl (C=O) groups excluding carboxylic acids is 4. The van der Waals surface area contributed by atoms with Crippen molar-refractivity contribution in [1.29, 1.82) is 0 Å². The summed E-state index contributed by atoms with van der Waals surface area (Å²) < 4.78 is 47.2. The van der Waals surface area contributed by atoms with Crippen LogP contribution >= 0.6 is 27.2 Å². The topological polar surface area (TPSA) is 198 Å². The predicted molar refractivity (Wildman–Crippen MR) is 162 cm³/mol. The number of hydrogen-bond donors (Lipinski definition) is 3. The van der Waals surface area contributed by atoms with Crippen LogP contribution in [0.2, 0.25) is 0 Å². The summed E-state index contributed by atoms with van der Waals surface area (Å²) in [5.41, 5.74) is -3.43. The van der Waals surface area contributed by atoms with Crippen molar-refractivity contribution < 1.29 is 56.4 Å². The average Bonchev–Trinajstić information content (AvgIpc) is 3.25. The Morgan fingerprint density at radius 1 is 0.841 bits per heavy atom. The number of nitrogens with one attached hydrogen (secondary N) is 1. The summed E-state index contributed by atoms with van der Waals surface area (Å²) in [6.45, 7) is 13.6. The second-order valence-electron chi connectivity index (χ2n) is 13.2.